The van der Waals surface area contributed by atoms with Gasteiger partial charge in [0, 0.05) is 4.47 Å². The second kappa shape index (κ2) is 4.38. The lowest BCUT2D eigenvalue weighted by atomic mass is 9.62. The summed E-state index contributed by atoms with van der Waals surface area (Å²) in [5, 5.41) is 9.41. The Morgan fingerprint density at radius 3 is 2.65 bits per heavy atom. The first kappa shape index (κ1) is 12.5. The Morgan fingerprint density at radius 1 is 1.53 bits per heavy atom. The topological polar surface area (TPSA) is 46.5 Å². The first-order valence-electron chi connectivity index (χ1n) is 5.21. The molecule has 0 heterocycles. The van der Waals surface area contributed by atoms with Gasteiger partial charge in [-0.25, -0.2) is 4.39 Å². The van der Waals surface area contributed by atoms with E-state index in [1.165, 1.54) is 19.2 Å². The monoisotopic (exact) mass is 302 g/mol. The molecule has 1 N–H and O–H groups in total. The smallest absolute Gasteiger partial charge is 0.316 e. The molecule has 5 heteroatoms. The average molecular weight is 303 g/mol. The number of hydrogen-bond donors (Lipinski definition) is 1. The van der Waals surface area contributed by atoms with Crippen LogP contribution in [0.5, 0.6) is 0 Å². The number of aliphatic hydroxyl groups excluding tert-OH is 1. The predicted molar refractivity (Wildman–Crippen MR) is 63.0 cm³/mol. The van der Waals surface area contributed by atoms with E-state index in [-0.39, 0.29) is 12.8 Å². The third-order valence-corrected chi connectivity index (χ3v) is 3.62. The van der Waals surface area contributed by atoms with Gasteiger partial charge in [0.1, 0.15) is 5.82 Å². The number of carbonyl (C=O) groups is 1. The maximum atomic E-state index is 13.3. The summed E-state index contributed by atoms with van der Waals surface area (Å²) >= 11 is 3.19. The molecule has 1 fully saturated rings. The van der Waals surface area contributed by atoms with Crippen molar-refractivity contribution in [1.29, 1.82) is 0 Å². The predicted octanol–water partition coefficient (Wildman–Crippen LogP) is 2.15. The summed E-state index contributed by atoms with van der Waals surface area (Å²) in [6, 6.07) is 4.32. The van der Waals surface area contributed by atoms with Gasteiger partial charge in [-0.3, -0.25) is 4.79 Å². The molecule has 0 aromatic heterocycles. The van der Waals surface area contributed by atoms with Gasteiger partial charge in [-0.1, -0.05) is 15.9 Å². The van der Waals surface area contributed by atoms with Gasteiger partial charge in [0.2, 0.25) is 0 Å². The van der Waals surface area contributed by atoms with Crippen molar-refractivity contribution in [3.63, 3.8) is 0 Å². The highest BCUT2D eigenvalue weighted by Crippen LogP contribution is 2.45. The van der Waals surface area contributed by atoms with Gasteiger partial charge in [-0.2, -0.15) is 0 Å². The largest absolute Gasteiger partial charge is 0.468 e. The number of aliphatic hydroxyl groups is 1. The van der Waals surface area contributed by atoms with Gasteiger partial charge in [-0.05, 0) is 36.6 Å². The van der Waals surface area contributed by atoms with Gasteiger partial charge in [0.05, 0.1) is 18.6 Å². The van der Waals surface area contributed by atoms with Crippen molar-refractivity contribution < 1.29 is 19.0 Å². The second-order valence-corrected chi connectivity index (χ2v) is 5.21. The first-order chi connectivity index (χ1) is 7.98. The van der Waals surface area contributed by atoms with E-state index < -0.39 is 23.3 Å². The lowest BCUT2D eigenvalue weighted by Gasteiger charge is -2.43. The van der Waals surface area contributed by atoms with E-state index in [1.54, 1.807) is 6.07 Å². The summed E-state index contributed by atoms with van der Waals surface area (Å²) in [6.07, 6.45) is 0.0154. The highest BCUT2D eigenvalue weighted by atomic mass is 79.9. The molecule has 0 aliphatic heterocycles. The van der Waals surface area contributed by atoms with Gasteiger partial charge in [0.15, 0.2) is 0 Å². The Hall–Kier alpha value is -0.940. The molecule has 0 bridgehead atoms. The number of methoxy groups -OCH3 is 1. The molecule has 1 saturated carbocycles. The second-order valence-electron chi connectivity index (χ2n) is 4.29. The van der Waals surface area contributed by atoms with E-state index in [0.717, 1.165) is 0 Å². The van der Waals surface area contributed by atoms with Gasteiger partial charge < -0.3 is 9.84 Å². The minimum Gasteiger partial charge on any atom is -0.468 e. The number of esters is 1. The zero-order valence-electron chi connectivity index (χ0n) is 9.24. The maximum absolute atomic E-state index is 13.3. The van der Waals surface area contributed by atoms with Crippen LogP contribution in [0.4, 0.5) is 4.39 Å². The molecule has 1 aromatic rings. The lowest BCUT2D eigenvalue weighted by molar-refractivity contribution is -0.156. The Bertz CT molecular complexity index is 435. The summed E-state index contributed by atoms with van der Waals surface area (Å²) in [7, 11) is 1.29. The van der Waals surface area contributed by atoms with Crippen molar-refractivity contribution in [2.24, 2.45) is 0 Å². The SMILES string of the molecule is COC(=O)C1(c2cc(F)cc(Br)c2)CC(O)C1. The zero-order valence-corrected chi connectivity index (χ0v) is 10.8. The van der Waals surface area contributed by atoms with Crippen molar-refractivity contribution in [1.82, 2.24) is 0 Å². The van der Waals surface area contributed by atoms with Crippen LogP contribution in [0, 0.1) is 5.82 Å². The van der Waals surface area contributed by atoms with Crippen LogP contribution in [0.25, 0.3) is 0 Å². The summed E-state index contributed by atoms with van der Waals surface area (Å²) in [5.74, 6) is -0.848. The highest BCUT2D eigenvalue weighted by Gasteiger charge is 2.52. The summed E-state index contributed by atoms with van der Waals surface area (Å²) < 4.78 is 18.7. The van der Waals surface area contributed by atoms with E-state index in [4.69, 9.17) is 4.74 Å². The van der Waals surface area contributed by atoms with Crippen LogP contribution in [-0.4, -0.2) is 24.3 Å². The molecule has 1 aliphatic rings. The van der Waals surface area contributed by atoms with E-state index in [2.05, 4.69) is 15.9 Å². The highest BCUT2D eigenvalue weighted by molar-refractivity contribution is 9.10. The first-order valence-corrected chi connectivity index (χ1v) is 6.00. The molecule has 17 heavy (non-hydrogen) atoms. The van der Waals surface area contributed by atoms with Crippen LogP contribution < -0.4 is 0 Å². The normalized spacial score (nSPS) is 27.4. The maximum Gasteiger partial charge on any atom is 0.316 e. The minimum atomic E-state index is -0.904. The number of benzene rings is 1. The molecule has 3 nitrogen and oxygen atoms in total. The zero-order chi connectivity index (χ0) is 12.6. The van der Waals surface area contributed by atoms with Crippen LogP contribution >= 0.6 is 15.9 Å². The minimum absolute atomic E-state index is 0.273. The number of rotatable bonds is 2. The van der Waals surface area contributed by atoms with Crippen LogP contribution in [0.2, 0.25) is 0 Å². The fourth-order valence-electron chi connectivity index (χ4n) is 2.29. The van der Waals surface area contributed by atoms with E-state index >= 15 is 0 Å². The van der Waals surface area contributed by atoms with Crippen LogP contribution in [-0.2, 0) is 14.9 Å². The third kappa shape index (κ3) is 2.09. The Morgan fingerprint density at radius 2 is 2.18 bits per heavy atom. The molecule has 92 valence electrons. The quantitative estimate of drug-likeness (QED) is 0.852. The van der Waals surface area contributed by atoms with Gasteiger partial charge in [-0.15, -0.1) is 0 Å². The molecule has 0 unspecified atom stereocenters. The van der Waals surface area contributed by atoms with E-state index in [9.17, 15) is 14.3 Å². The van der Waals surface area contributed by atoms with Crippen molar-refractivity contribution in [3.8, 4) is 0 Å². The number of hydrogen-bond acceptors (Lipinski definition) is 3. The molecule has 0 spiro atoms. The van der Waals surface area contributed by atoms with Crippen LogP contribution in [0.15, 0.2) is 22.7 Å². The molecule has 0 saturated heterocycles. The molecule has 1 aliphatic carbocycles. The molecule has 0 radical (unpaired) electrons. The summed E-state index contributed by atoms with van der Waals surface area (Å²) in [4.78, 5) is 11.8. The average Bonchev–Trinajstić information content (AvgIpc) is 2.22. The van der Waals surface area contributed by atoms with Crippen molar-refractivity contribution in [2.45, 2.75) is 24.4 Å². The van der Waals surface area contributed by atoms with Gasteiger partial charge >= 0.3 is 5.97 Å². The molecular formula is C12H12BrFO3. The van der Waals surface area contributed by atoms with Crippen molar-refractivity contribution >= 4 is 21.9 Å². The van der Waals surface area contributed by atoms with Crippen LogP contribution in [0.1, 0.15) is 18.4 Å². The standard InChI is InChI=1S/C12H12BrFO3/c1-17-11(16)12(5-10(15)6-12)7-2-8(13)4-9(14)3-7/h2-4,10,15H,5-6H2,1H3. The summed E-state index contributed by atoms with van der Waals surface area (Å²) in [6.45, 7) is 0. The van der Waals surface area contributed by atoms with E-state index in [0.29, 0.717) is 10.0 Å². The summed E-state index contributed by atoms with van der Waals surface area (Å²) in [5.41, 5.74) is -0.361. The lowest BCUT2D eigenvalue weighted by Crippen LogP contribution is -2.51. The third-order valence-electron chi connectivity index (χ3n) is 3.16. The molecule has 0 amide bonds. The number of halogens is 2. The Labute approximate surface area is 107 Å². The molecule has 0 atom stereocenters. The molecule has 1 aromatic carbocycles. The fourth-order valence-corrected chi connectivity index (χ4v) is 2.76. The molecule has 2 rings (SSSR count). The number of carbonyl (C=O) groups excluding carboxylic acids is 1. The Kier molecular flexibility index (Phi) is 3.23. The van der Waals surface area contributed by atoms with Crippen molar-refractivity contribution in [2.75, 3.05) is 7.11 Å². The van der Waals surface area contributed by atoms with Gasteiger partial charge in [0.25, 0.3) is 0 Å². The van der Waals surface area contributed by atoms with E-state index in [1.807, 2.05) is 0 Å². The molecular weight excluding hydrogens is 291 g/mol. The Balaban J connectivity index is 2.43. The fraction of sp³-hybridized carbons (Fsp3) is 0.417. The number of ether oxygens (including phenoxy) is 1. The van der Waals surface area contributed by atoms with Crippen molar-refractivity contribution in [3.05, 3.63) is 34.1 Å². The van der Waals surface area contributed by atoms with Crippen LogP contribution in [0.3, 0.4) is 0 Å².